The first-order valence-corrected chi connectivity index (χ1v) is 15.5. The minimum absolute atomic E-state index is 0.0178. The van der Waals surface area contributed by atoms with E-state index < -0.39 is 51.0 Å². The fraction of sp³-hybridized carbons (Fsp3) is 0.161. The number of sulfonamides is 1. The first-order chi connectivity index (χ1) is 20.7. The molecule has 4 aromatic carbocycles. The van der Waals surface area contributed by atoms with Gasteiger partial charge in [0.05, 0.1) is 43.7 Å². The van der Waals surface area contributed by atoms with Gasteiger partial charge in [0.15, 0.2) is 5.78 Å². The SMILES string of the molecule is O=C(CC(Cc1ccccc1)C(=O)O)c1ccc(N(Cc2ccc(Cl)c(C(F)(F)F)c2)S(=O)(=O)c2ccc(Cl)c(Cl)c2)cc1. The number of carbonyl (C=O) groups is 2. The Morgan fingerprint density at radius 1 is 0.795 bits per heavy atom. The highest BCUT2D eigenvalue weighted by atomic mass is 35.5. The topological polar surface area (TPSA) is 91.8 Å². The second kappa shape index (κ2) is 13.6. The summed E-state index contributed by atoms with van der Waals surface area (Å²) in [5.41, 5.74) is -0.244. The van der Waals surface area contributed by atoms with Gasteiger partial charge >= 0.3 is 12.1 Å². The number of rotatable bonds is 11. The van der Waals surface area contributed by atoms with E-state index in [9.17, 15) is 36.3 Å². The van der Waals surface area contributed by atoms with Crippen LogP contribution in [0, 0.1) is 5.92 Å². The van der Waals surface area contributed by atoms with Crippen molar-refractivity contribution in [1.29, 1.82) is 0 Å². The third-order valence-electron chi connectivity index (χ3n) is 6.72. The van der Waals surface area contributed by atoms with E-state index in [0.29, 0.717) is 0 Å². The minimum Gasteiger partial charge on any atom is -0.481 e. The zero-order chi connectivity index (χ0) is 32.2. The normalized spacial score (nSPS) is 12.5. The van der Waals surface area contributed by atoms with Gasteiger partial charge < -0.3 is 5.11 Å². The monoisotopic (exact) mass is 683 g/mol. The molecule has 0 saturated heterocycles. The Morgan fingerprint density at radius 3 is 2.02 bits per heavy atom. The molecule has 0 heterocycles. The summed E-state index contributed by atoms with van der Waals surface area (Å²) in [7, 11) is -4.43. The molecule has 6 nitrogen and oxygen atoms in total. The number of alkyl halides is 3. The third-order valence-corrected chi connectivity index (χ3v) is 9.56. The lowest BCUT2D eigenvalue weighted by molar-refractivity contribution is -0.141. The number of Topliss-reactive ketones (excluding diaryl/α,β-unsaturated/α-hetero) is 1. The van der Waals surface area contributed by atoms with E-state index in [-0.39, 0.29) is 44.6 Å². The number of carboxylic acids is 1. The maximum Gasteiger partial charge on any atom is 0.417 e. The van der Waals surface area contributed by atoms with Crippen LogP contribution in [0.15, 0.2) is 95.9 Å². The second-order valence-corrected chi connectivity index (χ2v) is 12.9. The molecule has 1 unspecified atom stereocenters. The molecule has 0 fully saturated rings. The average molecular weight is 685 g/mol. The van der Waals surface area contributed by atoms with Gasteiger partial charge in [0.2, 0.25) is 0 Å². The number of halogens is 6. The molecule has 4 aromatic rings. The van der Waals surface area contributed by atoms with Gasteiger partial charge in [-0.15, -0.1) is 0 Å². The lowest BCUT2D eigenvalue weighted by Crippen LogP contribution is -2.31. The summed E-state index contributed by atoms with van der Waals surface area (Å²) in [6.07, 6.45) is -4.95. The molecule has 1 N–H and O–H groups in total. The van der Waals surface area contributed by atoms with Gasteiger partial charge in [0, 0.05) is 12.0 Å². The Hall–Kier alpha value is -3.57. The zero-order valence-electron chi connectivity index (χ0n) is 22.6. The van der Waals surface area contributed by atoms with E-state index in [1.54, 1.807) is 30.3 Å². The largest absolute Gasteiger partial charge is 0.481 e. The van der Waals surface area contributed by atoms with E-state index in [1.807, 2.05) is 0 Å². The predicted octanol–water partition coefficient (Wildman–Crippen LogP) is 8.58. The van der Waals surface area contributed by atoms with Crippen molar-refractivity contribution in [3.63, 3.8) is 0 Å². The Morgan fingerprint density at radius 2 is 1.43 bits per heavy atom. The van der Waals surface area contributed by atoms with Crippen LogP contribution in [0.1, 0.15) is 33.5 Å². The second-order valence-electron chi connectivity index (χ2n) is 9.80. The van der Waals surface area contributed by atoms with Crippen LogP contribution in [0.5, 0.6) is 0 Å². The summed E-state index contributed by atoms with van der Waals surface area (Å²) in [6, 6.07) is 20.8. The number of hydrogen-bond acceptors (Lipinski definition) is 4. The summed E-state index contributed by atoms with van der Waals surface area (Å²) in [5.74, 6) is -2.62. The Kier molecular flexibility index (Phi) is 10.3. The molecule has 4 rings (SSSR count). The van der Waals surface area contributed by atoms with Gasteiger partial charge in [-0.05, 0) is 72.1 Å². The van der Waals surface area contributed by atoms with Gasteiger partial charge in [-0.3, -0.25) is 13.9 Å². The molecule has 0 bridgehead atoms. The molecule has 1 atom stereocenters. The van der Waals surface area contributed by atoms with Crippen LogP contribution in [-0.4, -0.2) is 25.3 Å². The predicted molar refractivity (Wildman–Crippen MR) is 163 cm³/mol. The summed E-state index contributed by atoms with van der Waals surface area (Å²) >= 11 is 17.8. The standard InChI is InChI=1S/C31H23Cl3F3NO5S/c32-26-12-6-20(15-25(26)31(35,36)37)18-38(44(42,43)24-11-13-27(33)28(34)17-24)23-9-7-21(8-10-23)29(39)16-22(30(40)41)14-19-4-2-1-3-5-19/h1-13,15,17,22H,14,16,18H2,(H,40,41). The lowest BCUT2D eigenvalue weighted by atomic mass is 9.92. The third kappa shape index (κ3) is 7.92. The van der Waals surface area contributed by atoms with Crippen molar-refractivity contribution in [3.05, 3.63) is 128 Å². The highest BCUT2D eigenvalue weighted by Crippen LogP contribution is 2.36. The lowest BCUT2D eigenvalue weighted by Gasteiger charge is -2.25. The van der Waals surface area contributed by atoms with Gasteiger partial charge in [-0.2, -0.15) is 13.2 Å². The van der Waals surface area contributed by atoms with Crippen LogP contribution in [0.2, 0.25) is 15.1 Å². The van der Waals surface area contributed by atoms with Crippen LogP contribution in [0.4, 0.5) is 18.9 Å². The average Bonchev–Trinajstić information content (AvgIpc) is 2.97. The van der Waals surface area contributed by atoms with Gasteiger partial charge in [-0.25, -0.2) is 8.42 Å². The van der Waals surface area contributed by atoms with E-state index in [4.69, 9.17) is 34.8 Å². The van der Waals surface area contributed by atoms with Crippen molar-refractivity contribution in [2.24, 2.45) is 5.92 Å². The highest BCUT2D eigenvalue weighted by Gasteiger charge is 2.34. The van der Waals surface area contributed by atoms with E-state index >= 15 is 0 Å². The molecule has 0 saturated carbocycles. The molecule has 230 valence electrons. The summed E-state index contributed by atoms with van der Waals surface area (Å²) < 4.78 is 69.1. The van der Waals surface area contributed by atoms with Gasteiger partial charge in [-0.1, -0.05) is 71.2 Å². The molecule has 0 aliphatic carbocycles. The van der Waals surface area contributed by atoms with Gasteiger partial charge in [0.1, 0.15) is 0 Å². The number of anilines is 1. The van der Waals surface area contributed by atoms with Crippen molar-refractivity contribution in [3.8, 4) is 0 Å². The maximum atomic E-state index is 13.8. The first-order valence-electron chi connectivity index (χ1n) is 12.9. The van der Waals surface area contributed by atoms with E-state index in [0.717, 1.165) is 28.1 Å². The number of carbonyl (C=O) groups excluding carboxylic acids is 1. The van der Waals surface area contributed by atoms with Gasteiger partial charge in [0.25, 0.3) is 10.0 Å². The number of aliphatic carboxylic acids is 1. The van der Waals surface area contributed by atoms with Crippen LogP contribution in [0.3, 0.4) is 0 Å². The number of hydrogen-bond donors (Lipinski definition) is 1. The fourth-order valence-corrected chi connectivity index (χ4v) is 6.50. The van der Waals surface area contributed by atoms with Crippen molar-refractivity contribution >= 4 is 62.3 Å². The van der Waals surface area contributed by atoms with Crippen molar-refractivity contribution in [1.82, 2.24) is 0 Å². The molecular formula is C31H23Cl3F3NO5S. The number of carboxylic acid groups (broad SMARTS) is 1. The molecule has 0 spiro atoms. The van der Waals surface area contributed by atoms with Crippen molar-refractivity contribution in [2.45, 2.75) is 30.5 Å². The molecule has 0 aliphatic rings. The molecule has 13 heteroatoms. The highest BCUT2D eigenvalue weighted by molar-refractivity contribution is 7.92. The number of nitrogens with zero attached hydrogens (tertiary/aromatic N) is 1. The quantitative estimate of drug-likeness (QED) is 0.160. The molecule has 0 aromatic heterocycles. The van der Waals surface area contributed by atoms with Crippen LogP contribution in [0.25, 0.3) is 0 Å². The zero-order valence-corrected chi connectivity index (χ0v) is 25.6. The molecule has 44 heavy (non-hydrogen) atoms. The van der Waals surface area contributed by atoms with E-state index in [1.165, 1.54) is 42.5 Å². The van der Waals surface area contributed by atoms with Crippen LogP contribution >= 0.6 is 34.8 Å². The van der Waals surface area contributed by atoms with Crippen molar-refractivity contribution in [2.75, 3.05) is 4.31 Å². The van der Waals surface area contributed by atoms with Crippen molar-refractivity contribution < 1.29 is 36.3 Å². The molecule has 0 aliphatic heterocycles. The van der Waals surface area contributed by atoms with E-state index in [2.05, 4.69) is 0 Å². The van der Waals surface area contributed by atoms with Crippen LogP contribution < -0.4 is 4.31 Å². The minimum atomic E-state index is -4.78. The number of benzene rings is 4. The Labute approximate surface area is 266 Å². The summed E-state index contributed by atoms with van der Waals surface area (Å²) in [4.78, 5) is 24.6. The maximum absolute atomic E-state index is 13.8. The molecule has 0 amide bonds. The van der Waals surface area contributed by atoms with Crippen LogP contribution in [-0.2, 0) is 34.0 Å². The molecular weight excluding hydrogens is 662 g/mol. The summed E-state index contributed by atoms with van der Waals surface area (Å²) in [6.45, 7) is -0.533. The smallest absolute Gasteiger partial charge is 0.417 e. The Balaban J connectivity index is 1.68. The first kappa shape index (κ1) is 33.3. The summed E-state index contributed by atoms with van der Waals surface area (Å²) in [5, 5.41) is 9.18. The number of ketones is 1. The molecule has 0 radical (unpaired) electrons. The fourth-order valence-electron chi connectivity index (χ4n) is 4.43. The Bertz CT molecular complexity index is 1780.